The van der Waals surface area contributed by atoms with Crippen molar-refractivity contribution in [3.63, 3.8) is 0 Å². The second kappa shape index (κ2) is 5.68. The Morgan fingerprint density at radius 2 is 1.96 bits per heavy atom. The van der Waals surface area contributed by atoms with Gasteiger partial charge in [0.15, 0.2) is 17.3 Å². The lowest BCUT2D eigenvalue weighted by Crippen LogP contribution is -2.04. The predicted octanol–water partition coefficient (Wildman–Crippen LogP) is 3.07. The summed E-state index contributed by atoms with van der Waals surface area (Å²) in [4.78, 5) is 11.3. The molecule has 0 unspecified atom stereocenters. The van der Waals surface area contributed by atoms with Crippen molar-refractivity contribution in [2.45, 2.75) is 6.54 Å². The summed E-state index contributed by atoms with van der Waals surface area (Å²) in [6, 6.07) is 10.4. The number of fused-ring (bicyclic) bond motifs is 1. The molecular weight excluding hydrogens is 306 g/mol. The zero-order valence-electron chi connectivity index (χ0n) is 12.1. The zero-order chi connectivity index (χ0) is 16.6. The number of carbonyl (C=O) groups is 1. The molecule has 0 aliphatic carbocycles. The first kappa shape index (κ1) is 15.0. The van der Waals surface area contributed by atoms with E-state index in [2.05, 4.69) is 5.10 Å². The molecule has 7 heteroatoms. The Hall–Kier alpha value is -2.96. The number of ether oxygens (including phenoxy) is 1. The van der Waals surface area contributed by atoms with Crippen LogP contribution >= 0.6 is 0 Å². The van der Waals surface area contributed by atoms with Crippen molar-refractivity contribution in [1.82, 2.24) is 9.78 Å². The van der Waals surface area contributed by atoms with Gasteiger partial charge in [-0.05, 0) is 5.56 Å². The molecule has 118 valence electrons. The van der Waals surface area contributed by atoms with E-state index in [1.807, 2.05) is 30.3 Å². The van der Waals surface area contributed by atoms with Gasteiger partial charge in [-0.2, -0.15) is 9.49 Å². The van der Waals surface area contributed by atoms with Gasteiger partial charge in [0.25, 0.3) is 0 Å². The zero-order valence-corrected chi connectivity index (χ0v) is 12.1. The number of hydrogen-bond donors (Lipinski definition) is 1. The standard InChI is InChI=1S/C16H12F2N2O3/c1-23-11-7-10-12(14(18)13(11)17)15(16(21)22)19-20(10)8-9-5-3-2-4-6-9/h2-7H,8H2,1H3,(H,21,22). The van der Waals surface area contributed by atoms with Crippen LogP contribution in [-0.4, -0.2) is 28.0 Å². The van der Waals surface area contributed by atoms with E-state index in [4.69, 9.17) is 4.74 Å². The number of carboxylic acid groups (broad SMARTS) is 1. The normalized spacial score (nSPS) is 10.9. The average Bonchev–Trinajstić information content (AvgIpc) is 2.90. The van der Waals surface area contributed by atoms with Crippen LogP contribution in [0.25, 0.3) is 10.9 Å². The third kappa shape index (κ3) is 2.50. The van der Waals surface area contributed by atoms with Crippen molar-refractivity contribution < 1.29 is 23.4 Å². The van der Waals surface area contributed by atoms with E-state index in [0.29, 0.717) is 0 Å². The number of methoxy groups -OCH3 is 1. The van der Waals surface area contributed by atoms with Gasteiger partial charge in [0.1, 0.15) is 0 Å². The lowest BCUT2D eigenvalue weighted by atomic mass is 10.1. The molecule has 0 bridgehead atoms. The maximum absolute atomic E-state index is 14.2. The minimum absolute atomic E-state index is 0.155. The molecule has 5 nitrogen and oxygen atoms in total. The van der Waals surface area contributed by atoms with Crippen LogP contribution in [-0.2, 0) is 6.54 Å². The number of benzene rings is 2. The lowest BCUT2D eigenvalue weighted by Gasteiger charge is -2.07. The molecule has 0 saturated heterocycles. The van der Waals surface area contributed by atoms with Crippen molar-refractivity contribution in [2.24, 2.45) is 0 Å². The van der Waals surface area contributed by atoms with E-state index in [1.165, 1.54) is 17.9 Å². The molecule has 0 aliphatic rings. The second-order valence-electron chi connectivity index (χ2n) is 4.90. The van der Waals surface area contributed by atoms with E-state index in [1.54, 1.807) is 0 Å². The summed E-state index contributed by atoms with van der Waals surface area (Å²) in [5, 5.41) is 12.8. The van der Waals surface area contributed by atoms with Crippen molar-refractivity contribution in [3.8, 4) is 5.75 Å². The summed E-state index contributed by atoms with van der Waals surface area (Å²) in [6.07, 6.45) is 0. The maximum Gasteiger partial charge on any atom is 0.357 e. The average molecular weight is 318 g/mol. The molecular formula is C16H12F2N2O3. The number of aromatic nitrogens is 2. The molecule has 2 aromatic carbocycles. The van der Waals surface area contributed by atoms with E-state index >= 15 is 0 Å². The Balaban J connectivity index is 2.26. The largest absolute Gasteiger partial charge is 0.493 e. The van der Waals surface area contributed by atoms with Crippen LogP contribution in [0.2, 0.25) is 0 Å². The van der Waals surface area contributed by atoms with Gasteiger partial charge in [-0.1, -0.05) is 30.3 Å². The highest BCUT2D eigenvalue weighted by molar-refractivity contribution is 6.02. The van der Waals surface area contributed by atoms with Gasteiger partial charge >= 0.3 is 5.97 Å². The van der Waals surface area contributed by atoms with Gasteiger partial charge in [-0.15, -0.1) is 0 Å². The maximum atomic E-state index is 14.2. The Morgan fingerprint density at radius 3 is 2.57 bits per heavy atom. The van der Waals surface area contributed by atoms with Crippen molar-refractivity contribution in [2.75, 3.05) is 7.11 Å². The molecule has 1 aromatic heterocycles. The van der Waals surface area contributed by atoms with Crippen molar-refractivity contribution in [1.29, 1.82) is 0 Å². The summed E-state index contributed by atoms with van der Waals surface area (Å²) < 4.78 is 34.3. The monoisotopic (exact) mass is 318 g/mol. The molecule has 0 amide bonds. The van der Waals surface area contributed by atoms with Gasteiger partial charge in [0, 0.05) is 6.07 Å². The molecule has 0 aliphatic heterocycles. The number of aromatic carboxylic acids is 1. The number of carboxylic acids is 1. The summed E-state index contributed by atoms with van der Waals surface area (Å²) in [5.74, 6) is -4.25. The highest BCUT2D eigenvalue weighted by Crippen LogP contribution is 2.31. The molecule has 1 N–H and O–H groups in total. The summed E-state index contributed by atoms with van der Waals surface area (Å²) >= 11 is 0. The molecule has 23 heavy (non-hydrogen) atoms. The van der Waals surface area contributed by atoms with Gasteiger partial charge in [0.05, 0.1) is 24.6 Å². The van der Waals surface area contributed by atoms with E-state index < -0.39 is 23.3 Å². The summed E-state index contributed by atoms with van der Waals surface area (Å²) in [7, 11) is 1.21. The quantitative estimate of drug-likeness (QED) is 0.803. The fourth-order valence-electron chi connectivity index (χ4n) is 2.42. The fourth-order valence-corrected chi connectivity index (χ4v) is 2.42. The number of hydrogen-bond acceptors (Lipinski definition) is 3. The van der Waals surface area contributed by atoms with Crippen LogP contribution < -0.4 is 4.74 Å². The molecule has 0 radical (unpaired) electrons. The minimum Gasteiger partial charge on any atom is -0.493 e. The van der Waals surface area contributed by atoms with Crippen molar-refractivity contribution >= 4 is 16.9 Å². The van der Waals surface area contributed by atoms with Crippen LogP contribution in [0, 0.1) is 11.6 Å². The number of rotatable bonds is 4. The third-order valence-corrected chi connectivity index (χ3v) is 3.49. The second-order valence-corrected chi connectivity index (χ2v) is 4.90. The van der Waals surface area contributed by atoms with Crippen LogP contribution in [0.3, 0.4) is 0 Å². The van der Waals surface area contributed by atoms with Crippen LogP contribution in [0.15, 0.2) is 36.4 Å². The van der Waals surface area contributed by atoms with E-state index in [0.717, 1.165) is 5.56 Å². The molecule has 1 heterocycles. The number of nitrogens with zero attached hydrogens (tertiary/aromatic N) is 2. The number of halogens is 2. The van der Waals surface area contributed by atoms with Gasteiger partial charge < -0.3 is 9.84 Å². The van der Waals surface area contributed by atoms with Gasteiger partial charge in [-0.3, -0.25) is 4.68 Å². The highest BCUT2D eigenvalue weighted by Gasteiger charge is 2.25. The van der Waals surface area contributed by atoms with Crippen LogP contribution in [0.4, 0.5) is 8.78 Å². The van der Waals surface area contributed by atoms with Gasteiger partial charge in [-0.25, -0.2) is 9.18 Å². The Morgan fingerprint density at radius 1 is 1.26 bits per heavy atom. The molecule has 3 aromatic rings. The van der Waals surface area contributed by atoms with Gasteiger partial charge in [0.2, 0.25) is 5.82 Å². The third-order valence-electron chi connectivity index (χ3n) is 3.49. The molecule has 0 fully saturated rings. The van der Waals surface area contributed by atoms with E-state index in [9.17, 15) is 18.7 Å². The predicted molar refractivity (Wildman–Crippen MR) is 78.7 cm³/mol. The summed E-state index contributed by atoms with van der Waals surface area (Å²) in [6.45, 7) is 0.221. The van der Waals surface area contributed by atoms with Crippen molar-refractivity contribution in [3.05, 3.63) is 59.3 Å². The summed E-state index contributed by atoms with van der Waals surface area (Å²) in [5.41, 5.74) is 0.467. The van der Waals surface area contributed by atoms with Crippen LogP contribution in [0.1, 0.15) is 16.1 Å². The lowest BCUT2D eigenvalue weighted by molar-refractivity contribution is 0.0691. The Kier molecular flexibility index (Phi) is 3.69. The van der Waals surface area contributed by atoms with Crippen LogP contribution in [0.5, 0.6) is 5.75 Å². The first-order valence-electron chi connectivity index (χ1n) is 6.72. The minimum atomic E-state index is -1.43. The first-order valence-corrected chi connectivity index (χ1v) is 6.72. The molecule has 3 rings (SSSR count). The fraction of sp³-hybridized carbons (Fsp3) is 0.125. The smallest absolute Gasteiger partial charge is 0.357 e. The molecule has 0 saturated carbocycles. The Labute approximate surface area is 129 Å². The molecule has 0 atom stereocenters. The topological polar surface area (TPSA) is 64.3 Å². The molecule has 0 spiro atoms. The SMILES string of the molecule is COc1cc2c(c(C(=O)O)nn2Cc2ccccc2)c(F)c1F. The first-order chi connectivity index (χ1) is 11.0. The highest BCUT2D eigenvalue weighted by atomic mass is 19.2. The Bertz CT molecular complexity index is 891. The van der Waals surface area contributed by atoms with E-state index in [-0.39, 0.29) is 23.2 Å².